The summed E-state index contributed by atoms with van der Waals surface area (Å²) in [6, 6.07) is 4.67. The molecule has 0 fully saturated rings. The molecule has 0 heterocycles. The molecule has 0 aromatic heterocycles. The first-order chi connectivity index (χ1) is 12.9. The lowest BCUT2D eigenvalue weighted by Crippen LogP contribution is -2.25. The van der Waals surface area contributed by atoms with Crippen molar-refractivity contribution >= 4 is 0 Å². The third-order valence-corrected chi connectivity index (χ3v) is 6.82. The second-order valence-electron chi connectivity index (χ2n) is 10.9. The molecule has 0 atom stereocenters. The van der Waals surface area contributed by atoms with Crippen LogP contribution < -0.4 is 0 Å². The van der Waals surface area contributed by atoms with Crippen LogP contribution in [0, 0.1) is 0 Å². The molecule has 1 nitrogen and oxygen atoms in total. The maximum Gasteiger partial charge on any atom is 0.123 e. The normalized spacial score (nSPS) is 13.2. The Hall–Kier alpha value is -0.980. The fourth-order valence-corrected chi connectivity index (χ4v) is 4.33. The standard InChI is InChI=1S/C27H48O/c1-10-13-16-25(4,5)21-19-22(26(6,7)17-14-11-2)24(28)23(20-21)27(8,9)18-15-12-3/h19-20,28H,10-18H2,1-9H3. The van der Waals surface area contributed by atoms with Crippen LogP contribution >= 0.6 is 0 Å². The summed E-state index contributed by atoms with van der Waals surface area (Å²) in [7, 11) is 0. The van der Waals surface area contributed by atoms with E-state index in [4.69, 9.17) is 0 Å². The van der Waals surface area contributed by atoms with Gasteiger partial charge in [0.05, 0.1) is 0 Å². The van der Waals surface area contributed by atoms with Gasteiger partial charge in [-0.15, -0.1) is 0 Å². The zero-order valence-corrected chi connectivity index (χ0v) is 20.5. The molecule has 162 valence electrons. The Morgan fingerprint density at radius 2 is 0.929 bits per heavy atom. The first kappa shape index (κ1) is 25.1. The average Bonchev–Trinajstić information content (AvgIpc) is 2.62. The summed E-state index contributed by atoms with van der Waals surface area (Å²) in [4.78, 5) is 0. The summed E-state index contributed by atoms with van der Waals surface area (Å²) >= 11 is 0. The highest BCUT2D eigenvalue weighted by Crippen LogP contribution is 2.46. The molecular formula is C27H48O. The molecular weight excluding hydrogens is 340 g/mol. The highest BCUT2D eigenvalue weighted by molar-refractivity contribution is 5.51. The van der Waals surface area contributed by atoms with Crippen molar-refractivity contribution < 1.29 is 5.11 Å². The number of unbranched alkanes of at least 4 members (excludes halogenated alkanes) is 3. The molecule has 1 aromatic carbocycles. The van der Waals surface area contributed by atoms with Crippen LogP contribution in [0.1, 0.15) is 137 Å². The van der Waals surface area contributed by atoms with Crippen molar-refractivity contribution in [1.29, 1.82) is 0 Å². The van der Waals surface area contributed by atoms with Gasteiger partial charge in [-0.2, -0.15) is 0 Å². The smallest absolute Gasteiger partial charge is 0.123 e. The molecule has 0 saturated heterocycles. The minimum atomic E-state index is -0.00741. The number of phenols is 1. The molecule has 1 rings (SSSR count). The van der Waals surface area contributed by atoms with Crippen LogP contribution in [0.4, 0.5) is 0 Å². The van der Waals surface area contributed by atoms with Gasteiger partial charge in [0.1, 0.15) is 5.75 Å². The zero-order chi connectivity index (χ0) is 21.6. The predicted molar refractivity (Wildman–Crippen MR) is 126 cm³/mol. The third kappa shape index (κ3) is 6.26. The van der Waals surface area contributed by atoms with Crippen LogP contribution in [-0.4, -0.2) is 5.11 Å². The van der Waals surface area contributed by atoms with E-state index in [1.165, 1.54) is 50.5 Å². The van der Waals surface area contributed by atoms with E-state index < -0.39 is 0 Å². The van der Waals surface area contributed by atoms with E-state index >= 15 is 0 Å². The fourth-order valence-electron chi connectivity index (χ4n) is 4.33. The number of hydrogen-bond acceptors (Lipinski definition) is 1. The van der Waals surface area contributed by atoms with Crippen molar-refractivity contribution in [3.63, 3.8) is 0 Å². The maximum absolute atomic E-state index is 11.4. The lowest BCUT2D eigenvalue weighted by molar-refractivity contribution is 0.378. The van der Waals surface area contributed by atoms with Crippen LogP contribution in [0.5, 0.6) is 5.75 Å². The van der Waals surface area contributed by atoms with E-state index in [-0.39, 0.29) is 16.2 Å². The largest absolute Gasteiger partial charge is 0.507 e. The Morgan fingerprint density at radius 3 is 1.25 bits per heavy atom. The average molecular weight is 389 g/mol. The van der Waals surface area contributed by atoms with E-state index in [1.54, 1.807) is 0 Å². The van der Waals surface area contributed by atoms with Gasteiger partial charge >= 0.3 is 0 Å². The lowest BCUT2D eigenvalue weighted by atomic mass is 9.70. The second-order valence-corrected chi connectivity index (χ2v) is 10.9. The van der Waals surface area contributed by atoms with Crippen LogP contribution in [0.2, 0.25) is 0 Å². The Labute approximate surface area is 176 Å². The van der Waals surface area contributed by atoms with Gasteiger partial charge in [-0.3, -0.25) is 0 Å². The maximum atomic E-state index is 11.4. The summed E-state index contributed by atoms with van der Waals surface area (Å²) in [6.45, 7) is 20.8. The van der Waals surface area contributed by atoms with E-state index in [1.807, 2.05) is 0 Å². The van der Waals surface area contributed by atoms with E-state index in [0.29, 0.717) is 5.75 Å². The first-order valence-corrected chi connectivity index (χ1v) is 11.8. The Bertz CT molecular complexity index is 566. The minimum Gasteiger partial charge on any atom is -0.507 e. The second kappa shape index (κ2) is 10.2. The molecule has 0 amide bonds. The molecule has 0 unspecified atom stereocenters. The monoisotopic (exact) mass is 388 g/mol. The van der Waals surface area contributed by atoms with Gasteiger partial charge in [0.15, 0.2) is 0 Å². The highest BCUT2D eigenvalue weighted by Gasteiger charge is 2.33. The zero-order valence-electron chi connectivity index (χ0n) is 20.5. The highest BCUT2D eigenvalue weighted by atomic mass is 16.3. The minimum absolute atomic E-state index is 0.00741. The van der Waals surface area contributed by atoms with Crippen molar-refractivity contribution in [3.8, 4) is 5.75 Å². The molecule has 1 aromatic rings. The van der Waals surface area contributed by atoms with Crippen molar-refractivity contribution in [1.82, 2.24) is 0 Å². The van der Waals surface area contributed by atoms with Gasteiger partial charge in [0.2, 0.25) is 0 Å². The SMILES string of the molecule is CCCCC(C)(C)c1cc(C(C)(C)CCCC)c(O)c(C(C)(C)CCCC)c1. The summed E-state index contributed by atoms with van der Waals surface area (Å²) in [5.41, 5.74) is 3.83. The Balaban J connectivity index is 3.58. The molecule has 0 bridgehead atoms. The quantitative estimate of drug-likeness (QED) is 0.379. The summed E-state index contributed by atoms with van der Waals surface area (Å²) < 4.78 is 0. The van der Waals surface area contributed by atoms with Gasteiger partial charge in [-0.05, 0) is 41.1 Å². The Morgan fingerprint density at radius 1 is 0.607 bits per heavy atom. The summed E-state index contributed by atoms with van der Waals surface area (Å²) in [5, 5.41) is 11.4. The number of phenolic OH excluding ortho intramolecular Hbond substituents is 1. The van der Waals surface area contributed by atoms with Crippen LogP contribution in [0.25, 0.3) is 0 Å². The van der Waals surface area contributed by atoms with Crippen molar-refractivity contribution in [3.05, 3.63) is 28.8 Å². The number of benzene rings is 1. The van der Waals surface area contributed by atoms with Crippen molar-refractivity contribution in [2.45, 2.75) is 136 Å². The summed E-state index contributed by atoms with van der Waals surface area (Å²) in [6.07, 6.45) is 10.7. The Kier molecular flexibility index (Phi) is 9.10. The number of hydrogen-bond donors (Lipinski definition) is 1. The van der Waals surface area contributed by atoms with Gasteiger partial charge in [-0.1, -0.05) is 113 Å². The van der Waals surface area contributed by atoms with E-state index in [9.17, 15) is 5.11 Å². The first-order valence-electron chi connectivity index (χ1n) is 11.8. The lowest BCUT2D eigenvalue weighted by Gasteiger charge is -2.35. The molecule has 0 radical (unpaired) electrons. The number of aromatic hydroxyl groups is 1. The molecule has 0 saturated carbocycles. The van der Waals surface area contributed by atoms with E-state index in [0.717, 1.165) is 24.0 Å². The topological polar surface area (TPSA) is 20.2 Å². The van der Waals surface area contributed by atoms with Crippen LogP contribution in [0.3, 0.4) is 0 Å². The summed E-state index contributed by atoms with van der Waals surface area (Å²) in [5.74, 6) is 0.553. The number of rotatable bonds is 12. The molecule has 28 heavy (non-hydrogen) atoms. The van der Waals surface area contributed by atoms with Gasteiger partial charge in [0, 0.05) is 11.1 Å². The molecule has 1 heteroatoms. The van der Waals surface area contributed by atoms with Gasteiger partial charge < -0.3 is 5.11 Å². The van der Waals surface area contributed by atoms with E-state index in [2.05, 4.69) is 74.4 Å². The van der Waals surface area contributed by atoms with Gasteiger partial charge in [-0.25, -0.2) is 0 Å². The molecule has 0 aliphatic rings. The van der Waals surface area contributed by atoms with Crippen molar-refractivity contribution in [2.75, 3.05) is 0 Å². The molecule has 0 aliphatic heterocycles. The van der Waals surface area contributed by atoms with Crippen molar-refractivity contribution in [2.24, 2.45) is 0 Å². The molecule has 1 N–H and O–H groups in total. The van der Waals surface area contributed by atoms with Gasteiger partial charge in [0.25, 0.3) is 0 Å². The fraction of sp³-hybridized carbons (Fsp3) is 0.778. The molecule has 0 spiro atoms. The van der Waals surface area contributed by atoms with Crippen LogP contribution in [0.15, 0.2) is 12.1 Å². The van der Waals surface area contributed by atoms with Crippen LogP contribution in [-0.2, 0) is 16.2 Å². The molecule has 0 aliphatic carbocycles. The predicted octanol–water partition coefficient (Wildman–Crippen LogP) is 8.80. The third-order valence-electron chi connectivity index (χ3n) is 6.82.